The minimum Gasteiger partial charge on any atom is -0.466 e. The highest BCUT2D eigenvalue weighted by Gasteiger charge is 2.35. The molecule has 3 atom stereocenters. The third kappa shape index (κ3) is 5.19. The summed E-state index contributed by atoms with van der Waals surface area (Å²) < 4.78 is 5.09. The van der Waals surface area contributed by atoms with Gasteiger partial charge >= 0.3 is 12.0 Å². The average Bonchev–Trinajstić information content (AvgIpc) is 3.07. The molecule has 1 aliphatic heterocycles. The minimum atomic E-state index is -0.405. The summed E-state index contributed by atoms with van der Waals surface area (Å²) in [6.45, 7) is 5.39. The van der Waals surface area contributed by atoms with Crippen molar-refractivity contribution in [3.63, 3.8) is 0 Å². The van der Waals surface area contributed by atoms with Gasteiger partial charge in [0.2, 0.25) is 0 Å². The zero-order chi connectivity index (χ0) is 17.5. The van der Waals surface area contributed by atoms with Crippen LogP contribution in [0.25, 0.3) is 0 Å². The summed E-state index contributed by atoms with van der Waals surface area (Å²) in [6.07, 6.45) is 5.90. The molecule has 0 aromatic heterocycles. The van der Waals surface area contributed by atoms with E-state index in [4.69, 9.17) is 4.74 Å². The van der Waals surface area contributed by atoms with Gasteiger partial charge in [-0.05, 0) is 39.5 Å². The average molecular weight is 340 g/mol. The zero-order valence-corrected chi connectivity index (χ0v) is 14.7. The van der Waals surface area contributed by atoms with Crippen molar-refractivity contribution >= 4 is 17.9 Å². The molecule has 3 N–H and O–H groups in total. The van der Waals surface area contributed by atoms with E-state index in [-0.39, 0.29) is 29.9 Å². The molecule has 0 radical (unpaired) electrons. The van der Waals surface area contributed by atoms with E-state index in [0.29, 0.717) is 13.2 Å². The first-order valence-electron chi connectivity index (χ1n) is 9.13. The van der Waals surface area contributed by atoms with Crippen LogP contribution in [0.4, 0.5) is 4.79 Å². The van der Waals surface area contributed by atoms with Crippen molar-refractivity contribution in [2.45, 2.75) is 64.5 Å². The number of likely N-dealkylation sites (tertiary alicyclic amines) is 1. The summed E-state index contributed by atoms with van der Waals surface area (Å²) in [6, 6.07) is -0.586. The van der Waals surface area contributed by atoms with E-state index in [2.05, 4.69) is 10.6 Å². The first kappa shape index (κ1) is 18.7. The van der Waals surface area contributed by atoms with Crippen molar-refractivity contribution < 1.29 is 24.0 Å². The Morgan fingerprint density at radius 2 is 1.88 bits per heavy atom. The Kier molecular flexibility index (Phi) is 7.02. The highest BCUT2D eigenvalue weighted by molar-refractivity contribution is 5.96. The fraction of sp³-hybridized carbons (Fsp3) is 0.824. The number of nitrogens with one attached hydrogen (secondary N) is 3. The van der Waals surface area contributed by atoms with Crippen molar-refractivity contribution in [1.29, 1.82) is 0 Å². The topological polar surface area (TPSA) is 88.9 Å². The van der Waals surface area contributed by atoms with Gasteiger partial charge in [-0.3, -0.25) is 14.9 Å². The van der Waals surface area contributed by atoms with Crippen molar-refractivity contribution in [2.75, 3.05) is 19.7 Å². The van der Waals surface area contributed by atoms with E-state index >= 15 is 0 Å². The minimum absolute atomic E-state index is 0.156. The quantitative estimate of drug-likeness (QED) is 0.615. The van der Waals surface area contributed by atoms with Gasteiger partial charge in [-0.15, -0.1) is 0 Å². The predicted molar refractivity (Wildman–Crippen MR) is 88.4 cm³/mol. The number of esters is 1. The molecule has 1 aliphatic carbocycles. The van der Waals surface area contributed by atoms with Gasteiger partial charge in [0.05, 0.1) is 19.7 Å². The molecule has 2 fully saturated rings. The molecule has 3 amide bonds. The number of ether oxygens (including phenoxy) is 1. The molecule has 2 rings (SSSR count). The van der Waals surface area contributed by atoms with E-state index in [9.17, 15) is 14.4 Å². The number of carbonyl (C=O) groups is 3. The number of imide groups is 1. The SMILES string of the molecule is CCOC(=O)[C@H]1CCC[NH+]([C@@H](C)C(=O)NC(=O)NC2CCCC2)C1. The lowest BCUT2D eigenvalue weighted by Crippen LogP contribution is -3.18. The molecule has 7 nitrogen and oxygen atoms in total. The van der Waals surface area contributed by atoms with Crippen molar-refractivity contribution in [3.05, 3.63) is 0 Å². The summed E-state index contributed by atoms with van der Waals surface area (Å²) in [5, 5.41) is 5.30. The third-order valence-corrected chi connectivity index (χ3v) is 5.11. The molecule has 0 aromatic rings. The molecule has 24 heavy (non-hydrogen) atoms. The summed E-state index contributed by atoms with van der Waals surface area (Å²) >= 11 is 0. The Hall–Kier alpha value is -1.63. The van der Waals surface area contributed by atoms with Crippen LogP contribution in [-0.4, -0.2) is 49.7 Å². The van der Waals surface area contributed by atoms with Crippen molar-refractivity contribution in [2.24, 2.45) is 5.92 Å². The van der Waals surface area contributed by atoms with E-state index < -0.39 is 6.03 Å². The van der Waals surface area contributed by atoms with Gasteiger partial charge in [0.1, 0.15) is 5.92 Å². The standard InChI is InChI=1S/C17H29N3O4/c1-3-24-16(22)13-7-6-10-20(11-13)12(2)15(21)19-17(23)18-14-8-4-5-9-14/h12-14H,3-11H2,1-2H3,(H2,18,19,21,23)/p+1/t12-,13-/m0/s1. The second-order valence-corrected chi connectivity index (χ2v) is 6.87. The number of hydrogen-bond donors (Lipinski definition) is 3. The Bertz CT molecular complexity index is 463. The van der Waals surface area contributed by atoms with Gasteiger partial charge in [0, 0.05) is 6.04 Å². The molecule has 1 saturated carbocycles. The van der Waals surface area contributed by atoms with Crippen LogP contribution in [0.3, 0.4) is 0 Å². The predicted octanol–water partition coefficient (Wildman–Crippen LogP) is 0.00130. The first-order chi connectivity index (χ1) is 11.5. The number of hydrogen-bond acceptors (Lipinski definition) is 4. The van der Waals surface area contributed by atoms with Gasteiger partial charge in [0.15, 0.2) is 6.04 Å². The smallest absolute Gasteiger partial charge is 0.321 e. The summed E-state index contributed by atoms with van der Waals surface area (Å²) in [4.78, 5) is 37.2. The van der Waals surface area contributed by atoms with Gasteiger partial charge < -0.3 is 15.0 Å². The van der Waals surface area contributed by atoms with Gasteiger partial charge in [0.25, 0.3) is 5.91 Å². The molecule has 1 saturated heterocycles. The molecule has 136 valence electrons. The van der Waals surface area contributed by atoms with Crippen LogP contribution in [0.1, 0.15) is 52.4 Å². The van der Waals surface area contributed by atoms with Crippen molar-refractivity contribution in [1.82, 2.24) is 10.6 Å². The van der Waals surface area contributed by atoms with Crippen LogP contribution in [0.2, 0.25) is 0 Å². The van der Waals surface area contributed by atoms with Gasteiger partial charge in [-0.2, -0.15) is 0 Å². The molecule has 0 spiro atoms. The zero-order valence-electron chi connectivity index (χ0n) is 14.7. The maximum absolute atomic E-state index is 12.3. The number of rotatable bonds is 5. The maximum atomic E-state index is 12.3. The molecule has 1 heterocycles. The van der Waals surface area contributed by atoms with Crippen LogP contribution < -0.4 is 15.5 Å². The highest BCUT2D eigenvalue weighted by atomic mass is 16.5. The van der Waals surface area contributed by atoms with Crippen LogP contribution in [0.15, 0.2) is 0 Å². The molecule has 0 aromatic carbocycles. The van der Waals surface area contributed by atoms with Crippen LogP contribution >= 0.6 is 0 Å². The fourth-order valence-corrected chi connectivity index (χ4v) is 3.65. The second-order valence-electron chi connectivity index (χ2n) is 6.87. The van der Waals surface area contributed by atoms with E-state index in [1.807, 2.05) is 0 Å². The molecular weight excluding hydrogens is 310 g/mol. The second kappa shape index (κ2) is 9.01. The van der Waals surface area contributed by atoms with Gasteiger partial charge in [-0.25, -0.2) is 4.79 Å². The normalized spacial score (nSPS) is 25.8. The molecule has 2 aliphatic rings. The Morgan fingerprint density at radius 3 is 2.54 bits per heavy atom. The number of amides is 3. The van der Waals surface area contributed by atoms with E-state index in [1.54, 1.807) is 13.8 Å². The summed E-state index contributed by atoms with van der Waals surface area (Å²) in [5.41, 5.74) is 0. The molecule has 7 heteroatoms. The highest BCUT2D eigenvalue weighted by Crippen LogP contribution is 2.17. The van der Waals surface area contributed by atoms with E-state index in [0.717, 1.165) is 50.0 Å². The van der Waals surface area contributed by atoms with Crippen LogP contribution in [0, 0.1) is 5.92 Å². The van der Waals surface area contributed by atoms with Gasteiger partial charge in [-0.1, -0.05) is 12.8 Å². The first-order valence-corrected chi connectivity index (χ1v) is 9.13. The largest absolute Gasteiger partial charge is 0.466 e. The van der Waals surface area contributed by atoms with E-state index in [1.165, 1.54) is 0 Å². The fourth-order valence-electron chi connectivity index (χ4n) is 3.65. The van der Waals surface area contributed by atoms with Crippen LogP contribution in [0.5, 0.6) is 0 Å². The summed E-state index contributed by atoms with van der Waals surface area (Å²) in [5.74, 6) is -0.623. The Labute approximate surface area is 143 Å². The lowest BCUT2D eigenvalue weighted by molar-refractivity contribution is -0.921. The Balaban J connectivity index is 1.80. The monoisotopic (exact) mass is 340 g/mol. The molecule has 0 bridgehead atoms. The van der Waals surface area contributed by atoms with Crippen molar-refractivity contribution in [3.8, 4) is 0 Å². The maximum Gasteiger partial charge on any atom is 0.321 e. The number of piperidine rings is 1. The molecular formula is C17H30N3O4+. The summed E-state index contributed by atoms with van der Waals surface area (Å²) in [7, 11) is 0. The lowest BCUT2D eigenvalue weighted by atomic mass is 9.97. The molecule has 1 unspecified atom stereocenters. The lowest BCUT2D eigenvalue weighted by Gasteiger charge is -2.32. The number of urea groups is 1. The van der Waals surface area contributed by atoms with Crippen LogP contribution in [-0.2, 0) is 14.3 Å². The Morgan fingerprint density at radius 1 is 1.17 bits per heavy atom. The third-order valence-electron chi connectivity index (χ3n) is 5.11. The number of carbonyl (C=O) groups excluding carboxylic acids is 3. The number of quaternary nitrogens is 1.